The molecule has 0 aliphatic heterocycles. The van der Waals surface area contributed by atoms with Crippen LogP contribution in [0.15, 0.2) is 58.9 Å². The molecule has 0 unspecified atom stereocenters. The highest BCUT2D eigenvalue weighted by atomic mass is 32.1. The Morgan fingerprint density at radius 1 is 1.00 bits per heavy atom. The van der Waals surface area contributed by atoms with Crippen molar-refractivity contribution >= 4 is 38.7 Å². The zero-order valence-electron chi connectivity index (χ0n) is 11.3. The minimum atomic E-state index is 0.845. The maximum atomic E-state index is 4.33. The van der Waals surface area contributed by atoms with Crippen LogP contribution in [0.25, 0.3) is 10.1 Å². The summed E-state index contributed by atoms with van der Waals surface area (Å²) in [5.41, 5.74) is 2.85. The van der Waals surface area contributed by atoms with Crippen LogP contribution in [-0.4, -0.2) is 18.5 Å². The quantitative estimate of drug-likeness (QED) is 0.649. The van der Waals surface area contributed by atoms with Gasteiger partial charge >= 0.3 is 0 Å². The molecule has 0 saturated heterocycles. The molecule has 0 amide bonds. The first-order chi connectivity index (χ1) is 9.74. The van der Waals surface area contributed by atoms with E-state index in [-0.39, 0.29) is 0 Å². The molecule has 0 aliphatic carbocycles. The van der Waals surface area contributed by atoms with Crippen LogP contribution >= 0.6 is 11.5 Å². The number of aromatic nitrogens is 1. The van der Waals surface area contributed by atoms with E-state index >= 15 is 0 Å². The minimum absolute atomic E-state index is 0.845. The van der Waals surface area contributed by atoms with Gasteiger partial charge in [-0.1, -0.05) is 12.1 Å². The fourth-order valence-electron chi connectivity index (χ4n) is 1.89. The molecule has 0 saturated carbocycles. The van der Waals surface area contributed by atoms with Gasteiger partial charge in [-0.3, -0.25) is 0 Å². The van der Waals surface area contributed by atoms with Gasteiger partial charge in [-0.15, -0.1) is 5.11 Å². The molecule has 20 heavy (non-hydrogen) atoms. The number of anilines is 1. The zero-order chi connectivity index (χ0) is 13.9. The average Bonchev–Trinajstić information content (AvgIpc) is 2.94. The lowest BCUT2D eigenvalue weighted by atomic mass is 10.2. The molecule has 3 rings (SSSR count). The predicted octanol–water partition coefficient (Wildman–Crippen LogP) is 4.78. The van der Waals surface area contributed by atoms with Gasteiger partial charge < -0.3 is 4.90 Å². The van der Waals surface area contributed by atoms with E-state index in [1.807, 2.05) is 62.8 Å². The summed E-state index contributed by atoms with van der Waals surface area (Å²) in [6, 6.07) is 13.9. The molecule has 0 fully saturated rings. The largest absolute Gasteiger partial charge is 0.378 e. The molecule has 1 heterocycles. The van der Waals surface area contributed by atoms with Crippen LogP contribution in [0.2, 0.25) is 0 Å². The Morgan fingerprint density at radius 2 is 1.80 bits per heavy atom. The number of hydrogen-bond acceptors (Lipinski definition) is 5. The van der Waals surface area contributed by atoms with Crippen LogP contribution in [-0.2, 0) is 0 Å². The van der Waals surface area contributed by atoms with Crippen molar-refractivity contribution in [2.75, 3.05) is 19.0 Å². The van der Waals surface area contributed by atoms with Gasteiger partial charge in [0.1, 0.15) is 5.69 Å². The van der Waals surface area contributed by atoms with Crippen molar-refractivity contribution in [2.45, 2.75) is 0 Å². The van der Waals surface area contributed by atoms with Crippen LogP contribution in [0.5, 0.6) is 0 Å². The second-order valence-corrected chi connectivity index (χ2v) is 5.43. The summed E-state index contributed by atoms with van der Waals surface area (Å²) >= 11 is 1.45. The molecule has 0 spiro atoms. The minimum Gasteiger partial charge on any atom is -0.378 e. The van der Waals surface area contributed by atoms with Crippen molar-refractivity contribution in [1.29, 1.82) is 0 Å². The van der Waals surface area contributed by atoms with E-state index < -0.39 is 0 Å². The van der Waals surface area contributed by atoms with Crippen LogP contribution in [0.4, 0.5) is 17.1 Å². The van der Waals surface area contributed by atoms with Crippen LogP contribution in [0.1, 0.15) is 0 Å². The molecular weight excluding hydrogens is 268 g/mol. The highest BCUT2D eigenvalue weighted by molar-refractivity contribution is 7.14. The van der Waals surface area contributed by atoms with Gasteiger partial charge in [0.05, 0.1) is 10.4 Å². The van der Waals surface area contributed by atoms with Gasteiger partial charge in [0, 0.05) is 31.4 Å². The lowest BCUT2D eigenvalue weighted by Crippen LogP contribution is -2.07. The van der Waals surface area contributed by atoms with Crippen molar-refractivity contribution in [2.24, 2.45) is 10.2 Å². The van der Waals surface area contributed by atoms with Crippen molar-refractivity contribution in [3.63, 3.8) is 0 Å². The van der Waals surface area contributed by atoms with Crippen LogP contribution < -0.4 is 4.90 Å². The summed E-state index contributed by atoms with van der Waals surface area (Å²) in [4.78, 5) is 2.05. The van der Waals surface area contributed by atoms with E-state index in [2.05, 4.69) is 19.5 Å². The van der Waals surface area contributed by atoms with Crippen molar-refractivity contribution < 1.29 is 0 Å². The Kier molecular flexibility index (Phi) is 3.43. The van der Waals surface area contributed by atoms with E-state index in [0.717, 1.165) is 27.1 Å². The maximum absolute atomic E-state index is 4.33. The molecule has 4 nitrogen and oxygen atoms in total. The number of azo groups is 1. The Morgan fingerprint density at radius 3 is 2.55 bits per heavy atom. The Labute approximate surface area is 121 Å². The third-order valence-electron chi connectivity index (χ3n) is 3.00. The molecular formula is C15H14N4S. The first kappa shape index (κ1) is 12.7. The van der Waals surface area contributed by atoms with Gasteiger partial charge in [-0.05, 0) is 41.9 Å². The Bertz CT molecular complexity index is 744. The molecule has 100 valence electrons. The summed E-state index contributed by atoms with van der Waals surface area (Å²) in [5, 5.41) is 9.73. The van der Waals surface area contributed by atoms with Crippen molar-refractivity contribution in [3.8, 4) is 0 Å². The Hall–Kier alpha value is -2.27. The fraction of sp³-hybridized carbons (Fsp3) is 0.133. The standard InChI is InChI=1S/C15H14N4S/c1-19(2)13-8-6-12(7-9-13)17-18-14-5-3-4-11-10-16-20-15(11)14/h3-10H,1-2H3. The number of benzene rings is 2. The summed E-state index contributed by atoms with van der Waals surface area (Å²) in [7, 11) is 4.03. The summed E-state index contributed by atoms with van der Waals surface area (Å²) in [5.74, 6) is 0. The molecule has 5 heteroatoms. The molecule has 0 aliphatic rings. The molecule has 0 N–H and O–H groups in total. The fourth-order valence-corrected chi connectivity index (χ4v) is 2.59. The SMILES string of the molecule is CN(C)c1ccc(N=Nc2cccc3cnsc23)cc1. The molecule has 0 atom stereocenters. The van der Waals surface area contributed by atoms with E-state index in [9.17, 15) is 0 Å². The molecule has 0 radical (unpaired) electrons. The smallest absolute Gasteiger partial charge is 0.105 e. The number of fused-ring (bicyclic) bond motifs is 1. The third-order valence-corrected chi connectivity index (χ3v) is 3.84. The third kappa shape index (κ3) is 2.53. The highest BCUT2D eigenvalue weighted by Gasteiger charge is 2.02. The second-order valence-electron chi connectivity index (χ2n) is 4.63. The topological polar surface area (TPSA) is 40.9 Å². The monoisotopic (exact) mass is 282 g/mol. The van der Waals surface area contributed by atoms with Crippen molar-refractivity contribution in [1.82, 2.24) is 4.37 Å². The van der Waals surface area contributed by atoms with Gasteiger partial charge in [-0.2, -0.15) is 9.49 Å². The van der Waals surface area contributed by atoms with Crippen LogP contribution in [0, 0.1) is 0 Å². The van der Waals surface area contributed by atoms with E-state index in [1.54, 1.807) is 0 Å². The van der Waals surface area contributed by atoms with Gasteiger partial charge in [0.25, 0.3) is 0 Å². The molecule has 3 aromatic rings. The maximum Gasteiger partial charge on any atom is 0.105 e. The first-order valence-electron chi connectivity index (χ1n) is 6.26. The van der Waals surface area contributed by atoms with Gasteiger partial charge in [0.15, 0.2) is 0 Å². The summed E-state index contributed by atoms with van der Waals surface area (Å²) in [6.45, 7) is 0. The molecule has 1 aromatic heterocycles. The predicted molar refractivity (Wildman–Crippen MR) is 84.6 cm³/mol. The number of rotatable bonds is 3. The lowest BCUT2D eigenvalue weighted by Gasteiger charge is -2.11. The van der Waals surface area contributed by atoms with E-state index in [0.29, 0.717) is 0 Å². The zero-order valence-corrected chi connectivity index (χ0v) is 12.1. The van der Waals surface area contributed by atoms with E-state index in [1.165, 1.54) is 11.5 Å². The first-order valence-corrected chi connectivity index (χ1v) is 7.04. The Balaban J connectivity index is 1.88. The highest BCUT2D eigenvalue weighted by Crippen LogP contribution is 2.30. The number of nitrogens with zero attached hydrogens (tertiary/aromatic N) is 4. The van der Waals surface area contributed by atoms with E-state index in [4.69, 9.17) is 0 Å². The molecule has 0 bridgehead atoms. The number of hydrogen-bond donors (Lipinski definition) is 0. The lowest BCUT2D eigenvalue weighted by molar-refractivity contribution is 1.13. The molecule has 2 aromatic carbocycles. The summed E-state index contributed by atoms with van der Waals surface area (Å²) < 4.78 is 5.25. The summed E-state index contributed by atoms with van der Waals surface area (Å²) in [6.07, 6.45) is 1.85. The van der Waals surface area contributed by atoms with Crippen LogP contribution in [0.3, 0.4) is 0 Å². The average molecular weight is 282 g/mol. The van der Waals surface area contributed by atoms with Gasteiger partial charge in [0.2, 0.25) is 0 Å². The second kappa shape index (κ2) is 5.38. The normalized spacial score (nSPS) is 11.3. The van der Waals surface area contributed by atoms with Crippen molar-refractivity contribution in [3.05, 3.63) is 48.7 Å². The van der Waals surface area contributed by atoms with Gasteiger partial charge in [-0.25, -0.2) is 0 Å².